The van der Waals surface area contributed by atoms with Crippen LogP contribution < -0.4 is 0 Å². The van der Waals surface area contributed by atoms with E-state index < -0.39 is 0 Å². The molecular formula is C10H11BrN2S. The van der Waals surface area contributed by atoms with Gasteiger partial charge in [-0.05, 0) is 41.9 Å². The van der Waals surface area contributed by atoms with Gasteiger partial charge in [-0.25, -0.2) is 4.98 Å². The highest BCUT2D eigenvalue weighted by Crippen LogP contribution is 2.29. The van der Waals surface area contributed by atoms with E-state index in [1.54, 1.807) is 11.3 Å². The minimum atomic E-state index is 0.904. The molecule has 0 N–H and O–H groups in total. The van der Waals surface area contributed by atoms with Crippen LogP contribution in [0.4, 0.5) is 0 Å². The van der Waals surface area contributed by atoms with Crippen molar-refractivity contribution in [2.75, 3.05) is 0 Å². The van der Waals surface area contributed by atoms with Gasteiger partial charge in [0.25, 0.3) is 0 Å². The molecule has 0 aliphatic carbocycles. The normalized spacial score (nSPS) is 10.8. The minimum absolute atomic E-state index is 0.904. The maximum absolute atomic E-state index is 4.26. The molecule has 0 unspecified atom stereocenters. The lowest BCUT2D eigenvalue weighted by Gasteiger charge is -2.03. The Morgan fingerprint density at radius 1 is 1.50 bits per heavy atom. The average molecular weight is 271 g/mol. The van der Waals surface area contributed by atoms with Gasteiger partial charge in [-0.3, -0.25) is 0 Å². The zero-order valence-corrected chi connectivity index (χ0v) is 10.5. The van der Waals surface area contributed by atoms with Crippen LogP contribution in [0.5, 0.6) is 0 Å². The summed E-state index contributed by atoms with van der Waals surface area (Å²) in [6.07, 6.45) is 1.92. The molecule has 0 saturated carbocycles. The number of aryl methyl sites for hydroxylation is 1. The maximum Gasteiger partial charge on any atom is 0.177 e. The van der Waals surface area contributed by atoms with Crippen molar-refractivity contribution in [3.05, 3.63) is 27.9 Å². The average Bonchev–Trinajstić information content (AvgIpc) is 2.71. The number of thiophene rings is 1. The predicted molar refractivity (Wildman–Crippen MR) is 63.7 cm³/mol. The van der Waals surface area contributed by atoms with E-state index in [-0.39, 0.29) is 0 Å². The molecular weight excluding hydrogens is 260 g/mol. The highest BCUT2D eigenvalue weighted by atomic mass is 79.9. The zero-order chi connectivity index (χ0) is 10.1. The fraction of sp³-hybridized carbons (Fsp3) is 0.300. The lowest BCUT2D eigenvalue weighted by molar-refractivity contribution is 0.749. The Balaban J connectivity index is 2.51. The van der Waals surface area contributed by atoms with Gasteiger partial charge < -0.3 is 4.57 Å². The SMILES string of the molecule is CCn1c(-c2ccc(C)s2)cnc1Br. The van der Waals surface area contributed by atoms with Crippen LogP contribution in [-0.4, -0.2) is 9.55 Å². The highest BCUT2D eigenvalue weighted by molar-refractivity contribution is 9.10. The van der Waals surface area contributed by atoms with E-state index in [0.29, 0.717) is 0 Å². The van der Waals surface area contributed by atoms with Crippen LogP contribution in [0.3, 0.4) is 0 Å². The van der Waals surface area contributed by atoms with Gasteiger partial charge in [0.15, 0.2) is 4.73 Å². The third-order valence-electron chi connectivity index (χ3n) is 2.12. The summed E-state index contributed by atoms with van der Waals surface area (Å²) in [5.41, 5.74) is 1.19. The molecule has 0 fully saturated rings. The molecule has 0 amide bonds. The van der Waals surface area contributed by atoms with E-state index in [0.717, 1.165) is 11.3 Å². The Kier molecular flexibility index (Phi) is 2.74. The Hall–Kier alpha value is -0.610. The summed E-state index contributed by atoms with van der Waals surface area (Å²) < 4.78 is 3.06. The molecule has 0 radical (unpaired) electrons. The Morgan fingerprint density at radius 3 is 2.86 bits per heavy atom. The smallest absolute Gasteiger partial charge is 0.177 e. The molecule has 0 saturated heterocycles. The van der Waals surface area contributed by atoms with Crippen LogP contribution in [0.1, 0.15) is 11.8 Å². The van der Waals surface area contributed by atoms with Crippen LogP contribution >= 0.6 is 27.3 Å². The summed E-state index contributed by atoms with van der Waals surface area (Å²) in [4.78, 5) is 6.87. The largest absolute Gasteiger partial charge is 0.318 e. The predicted octanol–water partition coefficient (Wildman–Crippen LogP) is 3.70. The number of halogens is 1. The van der Waals surface area contributed by atoms with Gasteiger partial charge in [-0.15, -0.1) is 11.3 Å². The van der Waals surface area contributed by atoms with Crippen molar-refractivity contribution in [1.82, 2.24) is 9.55 Å². The van der Waals surface area contributed by atoms with Crippen molar-refractivity contribution >= 4 is 27.3 Å². The second-order valence-corrected chi connectivity index (χ2v) is 5.06. The lowest BCUT2D eigenvalue weighted by atomic mass is 10.3. The Labute approximate surface area is 95.7 Å². The van der Waals surface area contributed by atoms with Crippen molar-refractivity contribution in [2.24, 2.45) is 0 Å². The molecule has 2 heterocycles. The van der Waals surface area contributed by atoms with Crippen molar-refractivity contribution in [3.63, 3.8) is 0 Å². The second-order valence-electron chi connectivity index (χ2n) is 3.07. The lowest BCUT2D eigenvalue weighted by Crippen LogP contribution is -1.95. The standard InChI is InChI=1S/C10H11BrN2S/c1-3-13-8(6-12-10(13)11)9-5-4-7(2)14-9/h4-6H,3H2,1-2H3. The molecule has 0 atom stereocenters. The number of nitrogens with zero attached hydrogens (tertiary/aromatic N) is 2. The van der Waals surface area contributed by atoms with Gasteiger partial charge in [0.2, 0.25) is 0 Å². The topological polar surface area (TPSA) is 17.8 Å². The number of imidazole rings is 1. The van der Waals surface area contributed by atoms with Gasteiger partial charge in [-0.1, -0.05) is 0 Å². The fourth-order valence-electron chi connectivity index (χ4n) is 1.42. The quantitative estimate of drug-likeness (QED) is 0.814. The summed E-state index contributed by atoms with van der Waals surface area (Å²) in [6.45, 7) is 5.18. The van der Waals surface area contributed by atoms with E-state index in [1.807, 2.05) is 6.20 Å². The van der Waals surface area contributed by atoms with Crippen LogP contribution in [0.2, 0.25) is 0 Å². The summed E-state index contributed by atoms with van der Waals surface area (Å²) in [5.74, 6) is 0. The number of rotatable bonds is 2. The molecule has 2 aromatic rings. The highest BCUT2D eigenvalue weighted by Gasteiger charge is 2.09. The zero-order valence-electron chi connectivity index (χ0n) is 8.12. The number of aromatic nitrogens is 2. The fourth-order valence-corrected chi connectivity index (χ4v) is 2.85. The van der Waals surface area contributed by atoms with Gasteiger partial charge in [0, 0.05) is 11.4 Å². The van der Waals surface area contributed by atoms with Gasteiger partial charge in [0.1, 0.15) is 0 Å². The van der Waals surface area contributed by atoms with Gasteiger partial charge in [0.05, 0.1) is 16.8 Å². The minimum Gasteiger partial charge on any atom is -0.318 e. The summed E-state index contributed by atoms with van der Waals surface area (Å²) >= 11 is 5.24. The number of hydrogen-bond acceptors (Lipinski definition) is 2. The molecule has 2 aromatic heterocycles. The van der Waals surface area contributed by atoms with Crippen molar-refractivity contribution in [3.8, 4) is 10.6 Å². The van der Waals surface area contributed by atoms with Crippen molar-refractivity contribution < 1.29 is 0 Å². The first kappa shape index (κ1) is 9.93. The molecule has 74 valence electrons. The molecule has 4 heteroatoms. The van der Waals surface area contributed by atoms with Crippen molar-refractivity contribution in [1.29, 1.82) is 0 Å². The molecule has 0 aliphatic rings. The van der Waals surface area contributed by atoms with E-state index in [4.69, 9.17) is 0 Å². The van der Waals surface area contributed by atoms with E-state index in [1.165, 1.54) is 15.4 Å². The first-order valence-electron chi connectivity index (χ1n) is 4.50. The summed E-state index contributed by atoms with van der Waals surface area (Å²) in [7, 11) is 0. The summed E-state index contributed by atoms with van der Waals surface area (Å²) in [6, 6.07) is 4.29. The second kappa shape index (κ2) is 3.87. The molecule has 0 spiro atoms. The van der Waals surface area contributed by atoms with Crippen molar-refractivity contribution in [2.45, 2.75) is 20.4 Å². The Bertz CT molecular complexity index is 445. The van der Waals surface area contributed by atoms with Crippen LogP contribution in [0.25, 0.3) is 10.6 Å². The molecule has 0 bridgehead atoms. The van der Waals surface area contributed by atoms with E-state index in [9.17, 15) is 0 Å². The maximum atomic E-state index is 4.26. The van der Waals surface area contributed by atoms with Crippen LogP contribution in [-0.2, 0) is 6.54 Å². The first-order valence-corrected chi connectivity index (χ1v) is 6.11. The van der Waals surface area contributed by atoms with E-state index >= 15 is 0 Å². The molecule has 0 aliphatic heterocycles. The monoisotopic (exact) mass is 270 g/mol. The van der Waals surface area contributed by atoms with Gasteiger partial charge in [-0.2, -0.15) is 0 Å². The third-order valence-corrected chi connectivity index (χ3v) is 3.77. The van der Waals surface area contributed by atoms with Crippen LogP contribution in [0, 0.1) is 6.92 Å². The molecule has 0 aromatic carbocycles. The van der Waals surface area contributed by atoms with E-state index in [2.05, 4.69) is 51.5 Å². The first-order chi connectivity index (χ1) is 6.72. The molecule has 2 rings (SSSR count). The molecule has 14 heavy (non-hydrogen) atoms. The third kappa shape index (κ3) is 1.64. The van der Waals surface area contributed by atoms with Gasteiger partial charge >= 0.3 is 0 Å². The number of hydrogen-bond donors (Lipinski definition) is 0. The molecule has 2 nitrogen and oxygen atoms in total. The summed E-state index contributed by atoms with van der Waals surface area (Å²) in [5, 5.41) is 0. The Morgan fingerprint density at radius 2 is 2.29 bits per heavy atom. The van der Waals surface area contributed by atoms with Crippen LogP contribution in [0.15, 0.2) is 23.1 Å².